The molecular formula is C15H22O4. The molecule has 1 N–H and O–H groups in total. The zero-order chi connectivity index (χ0) is 14.7. The van der Waals surface area contributed by atoms with Gasteiger partial charge in [-0.2, -0.15) is 0 Å². The lowest BCUT2D eigenvalue weighted by molar-refractivity contribution is -0.157. The van der Waals surface area contributed by atoms with E-state index in [0.717, 1.165) is 5.56 Å². The van der Waals surface area contributed by atoms with Gasteiger partial charge in [-0.05, 0) is 52.3 Å². The fourth-order valence-corrected chi connectivity index (χ4v) is 1.47. The maximum absolute atomic E-state index is 11.5. The SMILES string of the molecule is CC(C)(C)OC(=O)COc1ccc(C(C)(C)O)cc1. The summed E-state index contributed by atoms with van der Waals surface area (Å²) in [6.45, 7) is 8.72. The lowest BCUT2D eigenvalue weighted by Crippen LogP contribution is -2.27. The molecule has 4 heteroatoms. The van der Waals surface area contributed by atoms with Crippen molar-refractivity contribution < 1.29 is 19.4 Å². The predicted octanol–water partition coefficient (Wildman–Crippen LogP) is 2.63. The van der Waals surface area contributed by atoms with Gasteiger partial charge in [0.15, 0.2) is 6.61 Å². The van der Waals surface area contributed by atoms with Crippen molar-refractivity contribution in [1.29, 1.82) is 0 Å². The van der Waals surface area contributed by atoms with Crippen LogP contribution in [0.2, 0.25) is 0 Å². The Hall–Kier alpha value is -1.55. The van der Waals surface area contributed by atoms with Gasteiger partial charge in [0, 0.05) is 0 Å². The Morgan fingerprint density at radius 2 is 1.63 bits per heavy atom. The Kier molecular flexibility index (Phi) is 4.58. The molecule has 0 atom stereocenters. The molecule has 0 aliphatic heterocycles. The monoisotopic (exact) mass is 266 g/mol. The van der Waals surface area contributed by atoms with Gasteiger partial charge < -0.3 is 14.6 Å². The van der Waals surface area contributed by atoms with Crippen molar-refractivity contribution in [2.24, 2.45) is 0 Å². The molecule has 0 aliphatic rings. The molecule has 0 bridgehead atoms. The van der Waals surface area contributed by atoms with Crippen LogP contribution < -0.4 is 4.74 Å². The topological polar surface area (TPSA) is 55.8 Å². The summed E-state index contributed by atoms with van der Waals surface area (Å²) in [5.74, 6) is 0.165. The highest BCUT2D eigenvalue weighted by Crippen LogP contribution is 2.22. The molecule has 0 saturated carbocycles. The Labute approximate surface area is 114 Å². The van der Waals surface area contributed by atoms with Gasteiger partial charge in [0.2, 0.25) is 0 Å². The van der Waals surface area contributed by atoms with E-state index in [1.807, 2.05) is 20.8 Å². The van der Waals surface area contributed by atoms with Crippen LogP contribution in [0, 0.1) is 0 Å². The van der Waals surface area contributed by atoms with Crippen molar-refractivity contribution in [2.75, 3.05) is 6.61 Å². The van der Waals surface area contributed by atoms with Crippen LogP contribution in [-0.2, 0) is 15.1 Å². The largest absolute Gasteiger partial charge is 0.482 e. The highest BCUT2D eigenvalue weighted by atomic mass is 16.6. The van der Waals surface area contributed by atoms with Gasteiger partial charge in [0.25, 0.3) is 0 Å². The second kappa shape index (κ2) is 5.61. The standard InChI is InChI=1S/C15H22O4/c1-14(2,3)19-13(16)10-18-12-8-6-11(7-9-12)15(4,5)17/h6-9,17H,10H2,1-5H3. The van der Waals surface area contributed by atoms with Gasteiger partial charge in [0.1, 0.15) is 11.4 Å². The first-order valence-corrected chi connectivity index (χ1v) is 6.25. The summed E-state index contributed by atoms with van der Waals surface area (Å²) in [6, 6.07) is 6.98. The second-order valence-electron chi connectivity index (χ2n) is 5.96. The Balaban J connectivity index is 2.53. The molecule has 19 heavy (non-hydrogen) atoms. The summed E-state index contributed by atoms with van der Waals surface area (Å²) in [5.41, 5.74) is -0.605. The van der Waals surface area contributed by atoms with E-state index in [4.69, 9.17) is 9.47 Å². The van der Waals surface area contributed by atoms with Crippen LogP contribution in [-0.4, -0.2) is 23.3 Å². The first-order chi connectivity index (χ1) is 8.58. The maximum atomic E-state index is 11.5. The number of benzene rings is 1. The minimum Gasteiger partial charge on any atom is -0.482 e. The number of carbonyl (C=O) groups is 1. The molecular weight excluding hydrogens is 244 g/mol. The van der Waals surface area contributed by atoms with Crippen LogP contribution in [0.4, 0.5) is 0 Å². The minimum atomic E-state index is -0.885. The van der Waals surface area contributed by atoms with Crippen LogP contribution in [0.15, 0.2) is 24.3 Å². The van der Waals surface area contributed by atoms with Crippen molar-refractivity contribution in [2.45, 2.75) is 45.8 Å². The number of carbonyl (C=O) groups excluding carboxylic acids is 1. The van der Waals surface area contributed by atoms with Crippen LogP contribution >= 0.6 is 0 Å². The van der Waals surface area contributed by atoms with Gasteiger partial charge in [-0.25, -0.2) is 4.79 Å². The van der Waals surface area contributed by atoms with Gasteiger partial charge in [-0.15, -0.1) is 0 Å². The van der Waals surface area contributed by atoms with E-state index in [0.29, 0.717) is 5.75 Å². The fourth-order valence-electron chi connectivity index (χ4n) is 1.47. The fraction of sp³-hybridized carbons (Fsp3) is 0.533. The number of ether oxygens (including phenoxy) is 2. The predicted molar refractivity (Wildman–Crippen MR) is 73.0 cm³/mol. The highest BCUT2D eigenvalue weighted by molar-refractivity contribution is 5.71. The van der Waals surface area contributed by atoms with E-state index < -0.39 is 17.2 Å². The van der Waals surface area contributed by atoms with Crippen molar-refractivity contribution >= 4 is 5.97 Å². The van der Waals surface area contributed by atoms with E-state index in [1.54, 1.807) is 38.1 Å². The van der Waals surface area contributed by atoms with Gasteiger partial charge in [-0.3, -0.25) is 0 Å². The second-order valence-corrected chi connectivity index (χ2v) is 5.96. The molecule has 1 aromatic rings. The molecule has 0 aromatic heterocycles. The molecule has 1 rings (SSSR count). The van der Waals surface area contributed by atoms with E-state index in [1.165, 1.54) is 0 Å². The van der Waals surface area contributed by atoms with Crippen molar-refractivity contribution in [1.82, 2.24) is 0 Å². The summed E-state index contributed by atoms with van der Waals surface area (Å²) in [7, 11) is 0. The van der Waals surface area contributed by atoms with E-state index >= 15 is 0 Å². The number of hydrogen-bond donors (Lipinski definition) is 1. The minimum absolute atomic E-state index is 0.126. The average molecular weight is 266 g/mol. The van der Waals surface area contributed by atoms with E-state index in [2.05, 4.69) is 0 Å². The lowest BCUT2D eigenvalue weighted by Gasteiger charge is -2.20. The zero-order valence-electron chi connectivity index (χ0n) is 12.2. The van der Waals surface area contributed by atoms with Crippen molar-refractivity contribution in [3.63, 3.8) is 0 Å². The molecule has 0 fully saturated rings. The molecule has 106 valence electrons. The number of esters is 1. The summed E-state index contributed by atoms with van der Waals surface area (Å²) in [5, 5.41) is 9.81. The summed E-state index contributed by atoms with van der Waals surface area (Å²) in [6.07, 6.45) is 0. The number of aliphatic hydroxyl groups is 1. The molecule has 0 spiro atoms. The Bertz CT molecular complexity index is 421. The van der Waals surface area contributed by atoms with Crippen LogP contribution in [0.1, 0.15) is 40.2 Å². The van der Waals surface area contributed by atoms with Crippen LogP contribution in [0.5, 0.6) is 5.75 Å². The first kappa shape index (κ1) is 15.5. The zero-order valence-corrected chi connectivity index (χ0v) is 12.2. The highest BCUT2D eigenvalue weighted by Gasteiger charge is 2.17. The third-order valence-corrected chi connectivity index (χ3v) is 2.34. The van der Waals surface area contributed by atoms with E-state index in [-0.39, 0.29) is 6.61 Å². The van der Waals surface area contributed by atoms with Crippen molar-refractivity contribution in [3.8, 4) is 5.75 Å². The smallest absolute Gasteiger partial charge is 0.344 e. The maximum Gasteiger partial charge on any atom is 0.344 e. The third-order valence-electron chi connectivity index (χ3n) is 2.34. The van der Waals surface area contributed by atoms with Crippen LogP contribution in [0.25, 0.3) is 0 Å². The first-order valence-electron chi connectivity index (χ1n) is 6.25. The summed E-state index contributed by atoms with van der Waals surface area (Å²) < 4.78 is 10.5. The van der Waals surface area contributed by atoms with Gasteiger partial charge in [0.05, 0.1) is 5.60 Å². The van der Waals surface area contributed by atoms with Gasteiger partial charge >= 0.3 is 5.97 Å². The normalized spacial score (nSPS) is 12.1. The Morgan fingerprint density at radius 1 is 1.11 bits per heavy atom. The third kappa shape index (κ3) is 5.75. The van der Waals surface area contributed by atoms with E-state index in [9.17, 15) is 9.90 Å². The Morgan fingerprint density at radius 3 is 2.05 bits per heavy atom. The lowest BCUT2D eigenvalue weighted by atomic mass is 9.99. The van der Waals surface area contributed by atoms with Crippen molar-refractivity contribution in [3.05, 3.63) is 29.8 Å². The molecule has 0 heterocycles. The molecule has 0 aliphatic carbocycles. The molecule has 0 unspecified atom stereocenters. The number of rotatable bonds is 4. The molecule has 0 amide bonds. The summed E-state index contributed by atoms with van der Waals surface area (Å²) in [4.78, 5) is 11.5. The number of hydrogen-bond acceptors (Lipinski definition) is 4. The molecule has 0 saturated heterocycles. The molecule has 1 aromatic carbocycles. The average Bonchev–Trinajstić information content (AvgIpc) is 2.23. The quantitative estimate of drug-likeness (QED) is 0.851. The van der Waals surface area contributed by atoms with Gasteiger partial charge in [-0.1, -0.05) is 12.1 Å². The molecule has 4 nitrogen and oxygen atoms in total. The molecule has 0 radical (unpaired) electrons. The summed E-state index contributed by atoms with van der Waals surface area (Å²) >= 11 is 0. The van der Waals surface area contributed by atoms with Crippen LogP contribution in [0.3, 0.4) is 0 Å².